The van der Waals surface area contributed by atoms with Crippen molar-refractivity contribution < 1.29 is 1.37 Å². The topological polar surface area (TPSA) is 4.93 Å². The molecule has 0 radical (unpaired) electrons. The monoisotopic (exact) mass is 146 g/mol. The van der Waals surface area contributed by atoms with Gasteiger partial charge in [-0.25, -0.2) is 0 Å². The highest BCUT2D eigenvalue weighted by Crippen LogP contribution is 2.18. The van der Waals surface area contributed by atoms with E-state index in [-0.39, 0.29) is 0 Å². The summed E-state index contributed by atoms with van der Waals surface area (Å²) in [5.74, 6) is 0. The average Bonchev–Trinajstić information content (AvgIpc) is 2.29. The number of nitrogens with zero attached hydrogens (tertiary/aromatic N) is 1. The van der Waals surface area contributed by atoms with Crippen molar-refractivity contribution in [1.29, 1.82) is 0 Å². The summed E-state index contributed by atoms with van der Waals surface area (Å²) in [4.78, 5) is 0. The van der Waals surface area contributed by atoms with Crippen LogP contribution in [0.4, 0.5) is 0 Å². The first kappa shape index (κ1) is 5.42. The number of rotatable bonds is 0. The number of benzene rings is 1. The zero-order chi connectivity index (χ0) is 8.72. The van der Waals surface area contributed by atoms with Gasteiger partial charge in [-0.1, -0.05) is 18.2 Å². The van der Waals surface area contributed by atoms with Gasteiger partial charge in [0.25, 0.3) is 0 Å². The first-order valence-corrected chi connectivity index (χ1v) is 3.71. The van der Waals surface area contributed by atoms with E-state index in [1.807, 2.05) is 32.2 Å². The van der Waals surface area contributed by atoms with E-state index in [4.69, 9.17) is 1.37 Å². The van der Waals surface area contributed by atoms with Gasteiger partial charge in [0.1, 0.15) is 0 Å². The summed E-state index contributed by atoms with van der Waals surface area (Å²) in [5, 5.41) is 1.07. The Hall–Kier alpha value is -1.24. The van der Waals surface area contributed by atoms with Crippen molar-refractivity contribution in [2.75, 3.05) is 0 Å². The molecule has 1 aromatic carbocycles. The molecule has 0 aliphatic heterocycles. The highest BCUT2D eigenvalue weighted by molar-refractivity contribution is 5.83. The van der Waals surface area contributed by atoms with Gasteiger partial charge in [0.05, 0.1) is 1.37 Å². The molecule has 2 rings (SSSR count). The molecule has 0 saturated carbocycles. The van der Waals surface area contributed by atoms with E-state index in [2.05, 4.69) is 10.8 Å². The molecule has 0 aliphatic rings. The van der Waals surface area contributed by atoms with E-state index < -0.39 is 0 Å². The Labute approximate surface area is 67.7 Å². The molecule has 1 heterocycles. The number of hydrogen-bond donors (Lipinski definition) is 0. The summed E-state index contributed by atoms with van der Waals surface area (Å²) in [7, 11) is 2.01. The lowest BCUT2D eigenvalue weighted by molar-refractivity contribution is 0.964. The molecule has 0 saturated heterocycles. The molecule has 1 heteroatoms. The van der Waals surface area contributed by atoms with Crippen molar-refractivity contribution in [3.05, 3.63) is 36.0 Å². The Morgan fingerprint density at radius 2 is 2.27 bits per heavy atom. The van der Waals surface area contributed by atoms with Gasteiger partial charge in [-0.05, 0) is 18.6 Å². The molecule has 0 N–H and O–H groups in total. The van der Waals surface area contributed by atoms with Gasteiger partial charge in [0.15, 0.2) is 0 Å². The molecule has 0 unspecified atom stereocenters. The summed E-state index contributed by atoms with van der Waals surface area (Å²) < 4.78 is 9.76. The second-order valence-corrected chi connectivity index (χ2v) is 2.85. The molecule has 11 heavy (non-hydrogen) atoms. The Morgan fingerprint density at radius 1 is 1.45 bits per heavy atom. The van der Waals surface area contributed by atoms with Gasteiger partial charge in [-0.3, -0.25) is 0 Å². The largest absolute Gasteiger partial charge is 0.350 e. The predicted molar refractivity (Wildman–Crippen MR) is 47.7 cm³/mol. The summed E-state index contributed by atoms with van der Waals surface area (Å²) >= 11 is 0. The minimum atomic E-state index is 0.616. The fourth-order valence-electron chi connectivity index (χ4n) is 1.46. The van der Waals surface area contributed by atoms with Crippen LogP contribution in [-0.4, -0.2) is 4.57 Å². The van der Waals surface area contributed by atoms with Gasteiger partial charge < -0.3 is 4.57 Å². The Kier molecular flexibility index (Phi) is 1.05. The third-order valence-corrected chi connectivity index (χ3v) is 2.00. The quantitative estimate of drug-likeness (QED) is 0.538. The van der Waals surface area contributed by atoms with Gasteiger partial charge in [0.2, 0.25) is 0 Å². The van der Waals surface area contributed by atoms with Crippen LogP contribution in [0.3, 0.4) is 0 Å². The fraction of sp³-hybridized carbons (Fsp3) is 0.200. The lowest BCUT2D eigenvalue weighted by atomic mass is 10.2. The highest BCUT2D eigenvalue weighted by Gasteiger charge is 1.98. The average molecular weight is 146 g/mol. The normalized spacial score (nSPS) is 12.0. The van der Waals surface area contributed by atoms with E-state index in [9.17, 15) is 0 Å². The maximum absolute atomic E-state index is 7.70. The Bertz CT molecular complexity index is 429. The van der Waals surface area contributed by atoms with Crippen LogP contribution < -0.4 is 0 Å². The first-order chi connectivity index (χ1) is 5.70. The lowest BCUT2D eigenvalue weighted by Crippen LogP contribution is -1.81. The maximum Gasteiger partial charge on any atom is 0.0630 e. The third-order valence-electron chi connectivity index (χ3n) is 2.00. The van der Waals surface area contributed by atoms with Gasteiger partial charge in [0, 0.05) is 24.1 Å². The smallest absolute Gasteiger partial charge is 0.0630 e. The van der Waals surface area contributed by atoms with Crippen molar-refractivity contribution in [3.8, 4) is 0 Å². The summed E-state index contributed by atoms with van der Waals surface area (Å²) in [5.41, 5.74) is 2.32. The fourth-order valence-corrected chi connectivity index (χ4v) is 1.46. The van der Waals surface area contributed by atoms with Crippen molar-refractivity contribution in [3.63, 3.8) is 0 Å². The molecule has 0 fully saturated rings. The molecule has 56 valence electrons. The molecule has 0 spiro atoms. The molecule has 0 amide bonds. The number of aromatic nitrogens is 1. The van der Waals surface area contributed by atoms with Crippen LogP contribution in [0.2, 0.25) is 0 Å². The number of hydrogen-bond acceptors (Lipinski definition) is 0. The van der Waals surface area contributed by atoms with Crippen molar-refractivity contribution in [1.82, 2.24) is 4.57 Å². The molecule has 0 aliphatic carbocycles. The number of aryl methyl sites for hydroxylation is 2. The van der Waals surface area contributed by atoms with Gasteiger partial charge in [-0.15, -0.1) is 0 Å². The highest BCUT2D eigenvalue weighted by atomic mass is 14.9. The SMILES string of the molecule is [2H]c1cccc2c1c(C)cn2C. The molecular weight excluding hydrogens is 134 g/mol. The van der Waals surface area contributed by atoms with Crippen LogP contribution in [0.5, 0.6) is 0 Å². The Balaban J connectivity index is 2.99. The van der Waals surface area contributed by atoms with E-state index in [1.54, 1.807) is 0 Å². The molecule has 2 aromatic rings. The summed E-state index contributed by atoms with van der Waals surface area (Å²) in [6.07, 6.45) is 2.06. The van der Waals surface area contributed by atoms with Crippen LogP contribution >= 0.6 is 0 Å². The zero-order valence-electron chi connectivity index (χ0n) is 7.76. The summed E-state index contributed by atoms with van der Waals surface area (Å²) in [6, 6.07) is 6.41. The van der Waals surface area contributed by atoms with Gasteiger partial charge >= 0.3 is 0 Å². The van der Waals surface area contributed by atoms with Crippen LogP contribution in [0.1, 0.15) is 6.93 Å². The first-order valence-electron chi connectivity index (χ1n) is 4.21. The maximum atomic E-state index is 7.70. The minimum absolute atomic E-state index is 0.616. The second kappa shape index (κ2) is 2.12. The van der Waals surface area contributed by atoms with Crippen LogP contribution in [0, 0.1) is 6.92 Å². The third kappa shape index (κ3) is 0.845. The van der Waals surface area contributed by atoms with Crippen LogP contribution in [-0.2, 0) is 7.05 Å². The van der Waals surface area contributed by atoms with E-state index in [0.717, 1.165) is 10.9 Å². The molecule has 0 atom stereocenters. The zero-order valence-corrected chi connectivity index (χ0v) is 6.76. The van der Waals surface area contributed by atoms with E-state index in [0.29, 0.717) is 6.04 Å². The molecule has 1 aromatic heterocycles. The van der Waals surface area contributed by atoms with Crippen LogP contribution in [0.15, 0.2) is 30.4 Å². The van der Waals surface area contributed by atoms with Crippen molar-refractivity contribution in [2.45, 2.75) is 6.92 Å². The lowest BCUT2D eigenvalue weighted by Gasteiger charge is -1.92. The summed E-state index contributed by atoms with van der Waals surface area (Å²) in [6.45, 7) is 2.04. The predicted octanol–water partition coefficient (Wildman–Crippen LogP) is 2.49. The van der Waals surface area contributed by atoms with Gasteiger partial charge in [-0.2, -0.15) is 0 Å². The molecule has 0 bridgehead atoms. The van der Waals surface area contributed by atoms with E-state index >= 15 is 0 Å². The molecular formula is C10H11N. The second-order valence-electron chi connectivity index (χ2n) is 2.85. The minimum Gasteiger partial charge on any atom is -0.350 e. The Morgan fingerprint density at radius 3 is 3.00 bits per heavy atom. The number of para-hydroxylation sites is 1. The van der Waals surface area contributed by atoms with Crippen LogP contribution in [0.25, 0.3) is 10.9 Å². The van der Waals surface area contributed by atoms with Crippen molar-refractivity contribution >= 4 is 10.9 Å². The molecule has 1 nitrogen and oxygen atoms in total. The standard InChI is InChI=1S/C10H11N/c1-8-7-11(2)10-6-4-3-5-9(8)10/h3-7H,1-2H3/i5D. The van der Waals surface area contributed by atoms with E-state index in [1.165, 1.54) is 5.56 Å². The van der Waals surface area contributed by atoms with Crippen molar-refractivity contribution in [2.24, 2.45) is 7.05 Å². The number of fused-ring (bicyclic) bond motifs is 1.